The molecule has 1 atom stereocenters. The van der Waals surface area contributed by atoms with E-state index in [0.717, 1.165) is 48.8 Å². The lowest BCUT2D eigenvalue weighted by atomic mass is 9.94. The fourth-order valence-electron chi connectivity index (χ4n) is 3.55. The number of anilines is 1. The Labute approximate surface area is 133 Å². The zero-order valence-corrected chi connectivity index (χ0v) is 13.5. The van der Waals surface area contributed by atoms with E-state index in [0.29, 0.717) is 6.61 Å². The molecule has 0 bridgehead atoms. The summed E-state index contributed by atoms with van der Waals surface area (Å²) in [7, 11) is 0. The quantitative estimate of drug-likeness (QED) is 0.886. The van der Waals surface area contributed by atoms with Crippen molar-refractivity contribution < 1.29 is 9.84 Å². The van der Waals surface area contributed by atoms with Crippen LogP contribution in [-0.2, 0) is 4.74 Å². The second-order valence-corrected chi connectivity index (χ2v) is 7.00. The van der Waals surface area contributed by atoms with Gasteiger partial charge in [0.25, 0.3) is 0 Å². The number of aliphatic hydroxyl groups is 1. The third-order valence-corrected chi connectivity index (χ3v) is 5.80. The highest BCUT2D eigenvalue weighted by Crippen LogP contribution is 2.34. The number of nitrogens with zero attached hydrogens (tertiary/aromatic N) is 4. The topological polar surface area (TPSA) is 61.7 Å². The molecule has 0 amide bonds. The molecule has 2 aromatic heterocycles. The van der Waals surface area contributed by atoms with E-state index in [1.807, 2.05) is 0 Å². The Morgan fingerprint density at radius 3 is 3.14 bits per heavy atom. The summed E-state index contributed by atoms with van der Waals surface area (Å²) in [5, 5.41) is 13.3. The molecule has 2 saturated heterocycles. The van der Waals surface area contributed by atoms with Gasteiger partial charge in [-0.05, 0) is 17.9 Å². The smallest absolute Gasteiger partial charge is 0.141 e. The van der Waals surface area contributed by atoms with Crippen LogP contribution in [-0.4, -0.2) is 71.5 Å². The summed E-state index contributed by atoms with van der Waals surface area (Å²) in [6, 6.07) is 0. The first-order valence-electron chi connectivity index (χ1n) is 7.61. The van der Waals surface area contributed by atoms with E-state index in [4.69, 9.17) is 4.74 Å². The Kier molecular flexibility index (Phi) is 3.53. The number of fused-ring (bicyclic) bond motifs is 2. The van der Waals surface area contributed by atoms with E-state index in [9.17, 15) is 5.11 Å². The van der Waals surface area contributed by atoms with Gasteiger partial charge in [-0.15, -0.1) is 11.3 Å². The minimum atomic E-state index is -0.308. The van der Waals surface area contributed by atoms with E-state index in [1.54, 1.807) is 17.7 Å². The summed E-state index contributed by atoms with van der Waals surface area (Å²) in [5.41, 5.74) is 0.911. The molecule has 0 aromatic carbocycles. The van der Waals surface area contributed by atoms with Gasteiger partial charge in [-0.25, -0.2) is 9.97 Å². The largest absolute Gasteiger partial charge is 0.394 e. The molecular formula is C15H20N4O2S. The van der Waals surface area contributed by atoms with Crippen LogP contribution >= 0.6 is 11.3 Å². The summed E-state index contributed by atoms with van der Waals surface area (Å²) in [5.74, 6) is 0.988. The second-order valence-electron chi connectivity index (χ2n) is 6.14. The molecule has 4 rings (SSSR count). The lowest BCUT2D eigenvalue weighted by molar-refractivity contribution is -0.0951. The molecule has 1 N–H and O–H groups in total. The van der Waals surface area contributed by atoms with Crippen molar-refractivity contribution in [1.82, 2.24) is 14.9 Å². The normalized spacial score (nSPS) is 26.4. The van der Waals surface area contributed by atoms with Gasteiger partial charge in [-0.2, -0.15) is 0 Å². The van der Waals surface area contributed by atoms with Crippen LogP contribution in [0.25, 0.3) is 10.2 Å². The summed E-state index contributed by atoms with van der Waals surface area (Å²) in [6.45, 7) is 7.03. The van der Waals surface area contributed by atoms with Gasteiger partial charge in [0.1, 0.15) is 17.0 Å². The molecule has 22 heavy (non-hydrogen) atoms. The number of aromatic nitrogens is 2. The summed E-state index contributed by atoms with van der Waals surface area (Å²) < 4.78 is 5.65. The molecular weight excluding hydrogens is 300 g/mol. The number of hydrogen-bond acceptors (Lipinski definition) is 7. The number of aryl methyl sites for hydroxylation is 1. The zero-order chi connectivity index (χ0) is 15.2. The molecule has 2 aromatic rings. The number of rotatable bonds is 2. The lowest BCUT2D eigenvalue weighted by Crippen LogP contribution is -2.69. The van der Waals surface area contributed by atoms with Crippen LogP contribution in [0.15, 0.2) is 11.7 Å². The van der Waals surface area contributed by atoms with Crippen LogP contribution in [0.1, 0.15) is 5.56 Å². The first-order valence-corrected chi connectivity index (χ1v) is 8.49. The molecule has 118 valence electrons. The number of ether oxygens (including phenoxy) is 1. The monoisotopic (exact) mass is 320 g/mol. The van der Waals surface area contributed by atoms with Crippen LogP contribution in [0.5, 0.6) is 0 Å². The van der Waals surface area contributed by atoms with Gasteiger partial charge in [0.2, 0.25) is 0 Å². The van der Waals surface area contributed by atoms with Crippen molar-refractivity contribution in [3.05, 3.63) is 17.3 Å². The predicted molar refractivity (Wildman–Crippen MR) is 86.6 cm³/mol. The number of thiophene rings is 1. The van der Waals surface area contributed by atoms with Crippen molar-refractivity contribution >= 4 is 27.4 Å². The maximum Gasteiger partial charge on any atom is 0.141 e. The Balaban J connectivity index is 1.72. The van der Waals surface area contributed by atoms with Crippen LogP contribution in [0.4, 0.5) is 5.82 Å². The zero-order valence-electron chi connectivity index (χ0n) is 12.7. The van der Waals surface area contributed by atoms with Crippen molar-refractivity contribution in [3.8, 4) is 0 Å². The van der Waals surface area contributed by atoms with Gasteiger partial charge in [0.15, 0.2) is 0 Å². The van der Waals surface area contributed by atoms with E-state index in [2.05, 4.69) is 32.1 Å². The SMILES string of the molecule is Cc1csc2ncnc(N3CCN4CCOCC4(CO)C3)c12. The minimum absolute atomic E-state index is 0.111. The lowest BCUT2D eigenvalue weighted by Gasteiger charge is -2.52. The molecule has 1 unspecified atom stereocenters. The van der Waals surface area contributed by atoms with Crippen molar-refractivity contribution in [3.63, 3.8) is 0 Å². The maximum atomic E-state index is 9.99. The number of morpholine rings is 1. The van der Waals surface area contributed by atoms with Gasteiger partial charge in [0, 0.05) is 26.2 Å². The second kappa shape index (κ2) is 5.42. The fourth-order valence-corrected chi connectivity index (χ4v) is 4.43. The van der Waals surface area contributed by atoms with E-state index < -0.39 is 0 Å². The third kappa shape index (κ3) is 2.11. The predicted octanol–water partition coefficient (Wildman–Crippen LogP) is 0.883. The van der Waals surface area contributed by atoms with Crippen LogP contribution in [0.2, 0.25) is 0 Å². The van der Waals surface area contributed by atoms with Crippen molar-refractivity contribution in [2.24, 2.45) is 0 Å². The fraction of sp³-hybridized carbons (Fsp3) is 0.600. The van der Waals surface area contributed by atoms with Gasteiger partial charge in [0.05, 0.1) is 30.7 Å². The summed E-state index contributed by atoms with van der Waals surface area (Å²) in [4.78, 5) is 14.6. The molecule has 0 aliphatic carbocycles. The molecule has 2 fully saturated rings. The number of hydrogen-bond donors (Lipinski definition) is 1. The highest BCUT2D eigenvalue weighted by molar-refractivity contribution is 7.17. The average molecular weight is 320 g/mol. The molecule has 0 radical (unpaired) electrons. The molecule has 6 nitrogen and oxygen atoms in total. The van der Waals surface area contributed by atoms with Crippen molar-refractivity contribution in [2.45, 2.75) is 12.5 Å². The molecule has 2 aliphatic rings. The summed E-state index contributed by atoms with van der Waals surface area (Å²) >= 11 is 1.66. The summed E-state index contributed by atoms with van der Waals surface area (Å²) in [6.07, 6.45) is 1.64. The van der Waals surface area contributed by atoms with Gasteiger partial charge in [-0.1, -0.05) is 0 Å². The Morgan fingerprint density at radius 2 is 2.27 bits per heavy atom. The van der Waals surface area contributed by atoms with E-state index in [-0.39, 0.29) is 12.1 Å². The minimum Gasteiger partial charge on any atom is -0.394 e. The Hall–Kier alpha value is -1.28. The van der Waals surface area contributed by atoms with Crippen molar-refractivity contribution in [2.75, 3.05) is 50.9 Å². The number of aliphatic hydroxyl groups excluding tert-OH is 1. The molecule has 4 heterocycles. The van der Waals surface area contributed by atoms with Gasteiger partial charge in [-0.3, -0.25) is 4.90 Å². The highest BCUT2D eigenvalue weighted by Gasteiger charge is 2.44. The highest BCUT2D eigenvalue weighted by atomic mass is 32.1. The first-order chi connectivity index (χ1) is 10.7. The standard InChI is InChI=1S/C15H20N4O2S/c1-11-6-22-14-12(11)13(16-10-17-14)18-2-3-19-4-5-21-9-15(19,7-18)8-20/h6,10,20H,2-5,7-9H2,1H3. The van der Waals surface area contributed by atoms with E-state index in [1.165, 1.54) is 5.56 Å². The first kappa shape index (κ1) is 14.3. The molecule has 2 aliphatic heterocycles. The molecule has 7 heteroatoms. The van der Waals surface area contributed by atoms with Crippen LogP contribution in [0.3, 0.4) is 0 Å². The van der Waals surface area contributed by atoms with Crippen molar-refractivity contribution in [1.29, 1.82) is 0 Å². The van der Waals surface area contributed by atoms with E-state index >= 15 is 0 Å². The average Bonchev–Trinajstić information content (AvgIpc) is 2.96. The third-order valence-electron chi connectivity index (χ3n) is 4.80. The molecule has 0 saturated carbocycles. The maximum absolute atomic E-state index is 9.99. The number of piperazine rings is 1. The van der Waals surface area contributed by atoms with Gasteiger partial charge < -0.3 is 14.7 Å². The van der Waals surface area contributed by atoms with Crippen LogP contribution < -0.4 is 4.90 Å². The van der Waals surface area contributed by atoms with Crippen LogP contribution in [0, 0.1) is 6.92 Å². The Bertz CT molecular complexity index is 691. The molecule has 0 spiro atoms. The Morgan fingerprint density at radius 1 is 1.36 bits per heavy atom. The van der Waals surface area contributed by atoms with Gasteiger partial charge >= 0.3 is 0 Å².